The Morgan fingerprint density at radius 1 is 1.07 bits per heavy atom. The van der Waals surface area contributed by atoms with Crippen LogP contribution in [0.4, 0.5) is 0 Å². The Bertz CT molecular complexity index is 1020. The fraction of sp³-hybridized carbons (Fsp3) is 0.250. The van der Waals surface area contributed by atoms with Gasteiger partial charge in [-0.3, -0.25) is 9.59 Å². The van der Waals surface area contributed by atoms with E-state index < -0.39 is 22.5 Å². The molecule has 0 aliphatic heterocycles. The van der Waals surface area contributed by atoms with Crippen molar-refractivity contribution in [3.8, 4) is 5.75 Å². The van der Waals surface area contributed by atoms with Crippen LogP contribution in [-0.2, 0) is 14.8 Å². The van der Waals surface area contributed by atoms with Crippen LogP contribution in [0.15, 0.2) is 58.5 Å². The summed E-state index contributed by atoms with van der Waals surface area (Å²) in [6.07, 6.45) is 1.36. The summed E-state index contributed by atoms with van der Waals surface area (Å²) in [5, 5.41) is 13.1. The highest BCUT2D eigenvalue weighted by atomic mass is 32.2. The van der Waals surface area contributed by atoms with E-state index in [1.165, 1.54) is 47.5 Å². The zero-order chi connectivity index (χ0) is 22.1. The SMILES string of the molecule is CCN(CC)C(=O)CNS(=O)(=O)c1ccccc1C(=O)N/N=C\c1ccc(O)cc1. The summed E-state index contributed by atoms with van der Waals surface area (Å²) < 4.78 is 27.6. The predicted molar refractivity (Wildman–Crippen MR) is 113 cm³/mol. The molecule has 2 amide bonds. The number of likely N-dealkylation sites (N-methyl/N-ethyl adjacent to an activating group) is 1. The summed E-state index contributed by atoms with van der Waals surface area (Å²) in [6.45, 7) is 4.13. The zero-order valence-electron chi connectivity index (χ0n) is 16.7. The minimum Gasteiger partial charge on any atom is -0.508 e. The van der Waals surface area contributed by atoms with E-state index in [-0.39, 0.29) is 22.1 Å². The molecule has 0 bridgehead atoms. The molecule has 0 heterocycles. The molecule has 30 heavy (non-hydrogen) atoms. The second-order valence-corrected chi connectivity index (χ2v) is 7.91. The third-order valence-corrected chi connectivity index (χ3v) is 5.68. The van der Waals surface area contributed by atoms with Gasteiger partial charge in [0.2, 0.25) is 15.9 Å². The van der Waals surface area contributed by atoms with Gasteiger partial charge in [0.25, 0.3) is 5.91 Å². The van der Waals surface area contributed by atoms with E-state index in [0.717, 1.165) is 0 Å². The normalized spacial score (nSPS) is 11.4. The largest absolute Gasteiger partial charge is 0.508 e. The first kappa shape index (κ1) is 23.0. The van der Waals surface area contributed by atoms with Gasteiger partial charge in [0, 0.05) is 13.1 Å². The lowest BCUT2D eigenvalue weighted by atomic mass is 10.2. The Hall–Kier alpha value is -3.24. The number of carbonyl (C=O) groups excluding carboxylic acids is 2. The Morgan fingerprint density at radius 2 is 1.70 bits per heavy atom. The van der Waals surface area contributed by atoms with Crippen molar-refractivity contribution in [3.05, 3.63) is 59.7 Å². The van der Waals surface area contributed by atoms with E-state index in [1.807, 2.05) is 0 Å². The van der Waals surface area contributed by atoms with E-state index in [4.69, 9.17) is 0 Å². The lowest BCUT2D eigenvalue weighted by molar-refractivity contribution is -0.129. The summed E-state index contributed by atoms with van der Waals surface area (Å²) in [5.74, 6) is -0.979. The molecule has 160 valence electrons. The second-order valence-electron chi connectivity index (χ2n) is 6.18. The molecule has 0 fully saturated rings. The topological polar surface area (TPSA) is 128 Å². The van der Waals surface area contributed by atoms with Crippen LogP contribution in [0.5, 0.6) is 5.75 Å². The maximum Gasteiger partial charge on any atom is 0.272 e. The van der Waals surface area contributed by atoms with E-state index in [1.54, 1.807) is 26.0 Å². The molecule has 9 nitrogen and oxygen atoms in total. The Morgan fingerprint density at radius 3 is 2.33 bits per heavy atom. The molecule has 2 aromatic carbocycles. The molecule has 0 saturated heterocycles. The Labute approximate surface area is 175 Å². The van der Waals surface area contributed by atoms with Gasteiger partial charge in [-0.2, -0.15) is 5.10 Å². The van der Waals surface area contributed by atoms with Crippen LogP contribution in [-0.4, -0.2) is 56.1 Å². The lowest BCUT2D eigenvalue weighted by Crippen LogP contribution is -2.40. The van der Waals surface area contributed by atoms with Crippen molar-refractivity contribution in [2.24, 2.45) is 5.10 Å². The maximum absolute atomic E-state index is 12.7. The van der Waals surface area contributed by atoms with Gasteiger partial charge in [0.15, 0.2) is 0 Å². The van der Waals surface area contributed by atoms with Gasteiger partial charge in [-0.25, -0.2) is 18.6 Å². The number of carbonyl (C=O) groups is 2. The predicted octanol–water partition coefficient (Wildman–Crippen LogP) is 1.30. The van der Waals surface area contributed by atoms with Crippen LogP contribution in [0, 0.1) is 0 Å². The number of rotatable bonds is 9. The van der Waals surface area contributed by atoms with E-state index in [9.17, 15) is 23.1 Å². The zero-order valence-corrected chi connectivity index (χ0v) is 17.5. The number of hydrazone groups is 1. The molecule has 0 unspecified atom stereocenters. The quantitative estimate of drug-likeness (QED) is 0.406. The number of nitrogens with zero attached hydrogens (tertiary/aromatic N) is 2. The molecule has 0 atom stereocenters. The van der Waals surface area contributed by atoms with Gasteiger partial charge in [0.05, 0.1) is 23.2 Å². The maximum atomic E-state index is 12.7. The molecule has 2 aromatic rings. The molecule has 10 heteroatoms. The van der Waals surface area contributed by atoms with Crippen molar-refractivity contribution in [1.29, 1.82) is 0 Å². The number of amides is 2. The average Bonchev–Trinajstić information content (AvgIpc) is 2.74. The van der Waals surface area contributed by atoms with Crippen LogP contribution >= 0.6 is 0 Å². The Kier molecular flexibility index (Phi) is 8.07. The number of phenols is 1. The highest BCUT2D eigenvalue weighted by Gasteiger charge is 2.23. The molecule has 0 aliphatic rings. The molecule has 0 radical (unpaired) electrons. The van der Waals surface area contributed by atoms with E-state index in [0.29, 0.717) is 18.7 Å². The van der Waals surface area contributed by atoms with Crippen LogP contribution < -0.4 is 10.1 Å². The van der Waals surface area contributed by atoms with E-state index >= 15 is 0 Å². The molecular formula is C20H24N4O5S. The van der Waals surface area contributed by atoms with Crippen molar-refractivity contribution < 1.29 is 23.1 Å². The molecule has 3 N–H and O–H groups in total. The van der Waals surface area contributed by atoms with Crippen LogP contribution in [0.2, 0.25) is 0 Å². The highest BCUT2D eigenvalue weighted by Crippen LogP contribution is 2.15. The monoisotopic (exact) mass is 432 g/mol. The van der Waals surface area contributed by atoms with E-state index in [2.05, 4.69) is 15.2 Å². The number of hydrogen-bond acceptors (Lipinski definition) is 6. The molecule has 0 saturated carbocycles. The van der Waals surface area contributed by atoms with Crippen LogP contribution in [0.25, 0.3) is 0 Å². The number of nitrogens with one attached hydrogen (secondary N) is 2. The number of hydrogen-bond donors (Lipinski definition) is 3. The fourth-order valence-electron chi connectivity index (χ4n) is 2.60. The summed E-state index contributed by atoms with van der Waals surface area (Å²) in [4.78, 5) is 25.8. The summed E-state index contributed by atoms with van der Waals surface area (Å²) in [7, 11) is -4.10. The molecule has 0 aliphatic carbocycles. The number of phenolic OH excluding ortho intramolecular Hbond substituents is 1. The van der Waals surface area contributed by atoms with Crippen molar-refractivity contribution in [2.45, 2.75) is 18.7 Å². The lowest BCUT2D eigenvalue weighted by Gasteiger charge is -2.19. The van der Waals surface area contributed by atoms with Crippen molar-refractivity contribution >= 4 is 28.1 Å². The third kappa shape index (κ3) is 6.13. The summed E-state index contributed by atoms with van der Waals surface area (Å²) in [5.41, 5.74) is 2.80. The number of sulfonamides is 1. The fourth-order valence-corrected chi connectivity index (χ4v) is 3.77. The van der Waals surface area contributed by atoms with Crippen molar-refractivity contribution in [3.63, 3.8) is 0 Å². The van der Waals surface area contributed by atoms with Crippen LogP contribution in [0.1, 0.15) is 29.8 Å². The Balaban J connectivity index is 2.12. The first-order valence-corrected chi connectivity index (χ1v) is 10.8. The first-order chi connectivity index (χ1) is 14.3. The van der Waals surface area contributed by atoms with Crippen molar-refractivity contribution in [2.75, 3.05) is 19.6 Å². The summed E-state index contributed by atoms with van der Waals surface area (Å²) >= 11 is 0. The first-order valence-electron chi connectivity index (χ1n) is 9.27. The van der Waals surface area contributed by atoms with Gasteiger partial charge >= 0.3 is 0 Å². The minimum absolute atomic E-state index is 0.0993. The molecular weight excluding hydrogens is 408 g/mol. The minimum atomic E-state index is -4.10. The average molecular weight is 433 g/mol. The third-order valence-electron chi connectivity index (χ3n) is 4.22. The van der Waals surface area contributed by atoms with Gasteiger partial charge in [0.1, 0.15) is 5.75 Å². The second kappa shape index (κ2) is 10.5. The summed E-state index contributed by atoms with van der Waals surface area (Å²) in [6, 6.07) is 11.8. The number of benzene rings is 2. The molecule has 2 rings (SSSR count). The molecule has 0 spiro atoms. The van der Waals surface area contributed by atoms with Crippen molar-refractivity contribution in [1.82, 2.24) is 15.0 Å². The van der Waals surface area contributed by atoms with Gasteiger partial charge in [-0.1, -0.05) is 12.1 Å². The van der Waals surface area contributed by atoms with Gasteiger partial charge < -0.3 is 10.0 Å². The smallest absolute Gasteiger partial charge is 0.272 e. The standard InChI is InChI=1S/C20H24N4O5S/c1-3-24(4-2)19(26)14-22-30(28,29)18-8-6-5-7-17(18)20(27)23-21-13-15-9-11-16(25)12-10-15/h5-13,22,25H,3-4,14H2,1-2H3,(H,23,27)/b21-13-. The molecule has 0 aromatic heterocycles. The van der Waals surface area contributed by atoms with Gasteiger partial charge in [-0.15, -0.1) is 0 Å². The number of aromatic hydroxyl groups is 1. The highest BCUT2D eigenvalue weighted by molar-refractivity contribution is 7.89. The van der Waals surface area contributed by atoms with Crippen LogP contribution in [0.3, 0.4) is 0 Å². The van der Waals surface area contributed by atoms with Gasteiger partial charge in [-0.05, 0) is 55.8 Å².